The number of thiazole rings is 1. The Labute approximate surface area is 114 Å². The Morgan fingerprint density at radius 2 is 2.11 bits per heavy atom. The van der Waals surface area contributed by atoms with Gasteiger partial charge in [-0.1, -0.05) is 0 Å². The van der Waals surface area contributed by atoms with Crippen LogP contribution in [0.5, 0.6) is 0 Å². The first-order valence-corrected chi connectivity index (χ1v) is 6.55. The molecule has 2 rings (SSSR count). The molecule has 0 amide bonds. The smallest absolute Gasteiger partial charge is 0.356 e. The third kappa shape index (κ3) is 3.05. The van der Waals surface area contributed by atoms with Gasteiger partial charge in [-0.3, -0.25) is 0 Å². The second-order valence-corrected chi connectivity index (χ2v) is 5.38. The lowest BCUT2D eigenvalue weighted by Crippen LogP contribution is -2.09. The highest BCUT2D eigenvalue weighted by Gasteiger charge is 2.13. The standard InChI is InChI=1S/C12H14N4O2S/c1-6-11(19-8(3)15-6)7(2)16-10-5-13-9(4-14-10)12(17)18/h4-5,7H,1-3H3,(H,14,16)(H,17,18). The van der Waals surface area contributed by atoms with Gasteiger partial charge in [-0.2, -0.15) is 0 Å². The number of rotatable bonds is 4. The summed E-state index contributed by atoms with van der Waals surface area (Å²) in [6.07, 6.45) is 2.66. The van der Waals surface area contributed by atoms with E-state index in [9.17, 15) is 4.79 Å². The van der Waals surface area contributed by atoms with Crippen molar-refractivity contribution >= 4 is 23.1 Å². The zero-order valence-corrected chi connectivity index (χ0v) is 11.7. The number of carboxylic acids is 1. The van der Waals surface area contributed by atoms with E-state index in [1.54, 1.807) is 11.3 Å². The number of carboxylic acid groups (broad SMARTS) is 1. The Morgan fingerprint density at radius 1 is 1.37 bits per heavy atom. The fourth-order valence-corrected chi connectivity index (χ4v) is 2.68. The molecule has 0 aromatic carbocycles. The molecule has 7 heteroatoms. The largest absolute Gasteiger partial charge is 0.476 e. The molecule has 19 heavy (non-hydrogen) atoms. The molecule has 0 fully saturated rings. The van der Waals surface area contributed by atoms with E-state index in [0.29, 0.717) is 5.82 Å². The second-order valence-electron chi connectivity index (χ2n) is 4.14. The van der Waals surface area contributed by atoms with Gasteiger partial charge in [-0.25, -0.2) is 19.7 Å². The topological polar surface area (TPSA) is 88.0 Å². The van der Waals surface area contributed by atoms with Crippen molar-refractivity contribution in [3.05, 3.63) is 33.7 Å². The number of hydrogen-bond acceptors (Lipinski definition) is 6. The molecular weight excluding hydrogens is 264 g/mol. The van der Waals surface area contributed by atoms with Gasteiger partial charge in [-0.05, 0) is 20.8 Å². The van der Waals surface area contributed by atoms with Gasteiger partial charge in [0.25, 0.3) is 0 Å². The first-order valence-electron chi connectivity index (χ1n) is 5.73. The molecule has 0 aliphatic heterocycles. The van der Waals surface area contributed by atoms with E-state index in [2.05, 4.69) is 20.3 Å². The van der Waals surface area contributed by atoms with E-state index in [1.807, 2.05) is 20.8 Å². The minimum atomic E-state index is -1.08. The molecule has 1 atom stereocenters. The van der Waals surface area contributed by atoms with Crippen LogP contribution < -0.4 is 5.32 Å². The van der Waals surface area contributed by atoms with Gasteiger partial charge in [0, 0.05) is 4.88 Å². The van der Waals surface area contributed by atoms with E-state index in [-0.39, 0.29) is 11.7 Å². The number of hydrogen-bond donors (Lipinski definition) is 2. The number of nitrogens with zero attached hydrogens (tertiary/aromatic N) is 3. The number of nitrogens with one attached hydrogen (secondary N) is 1. The van der Waals surface area contributed by atoms with Gasteiger partial charge in [-0.15, -0.1) is 11.3 Å². The van der Waals surface area contributed by atoms with Crippen LogP contribution in [0.4, 0.5) is 5.82 Å². The van der Waals surface area contributed by atoms with Crippen molar-refractivity contribution in [3.63, 3.8) is 0 Å². The summed E-state index contributed by atoms with van der Waals surface area (Å²) in [5, 5.41) is 12.9. The van der Waals surface area contributed by atoms with Crippen LogP contribution in [0.2, 0.25) is 0 Å². The summed E-state index contributed by atoms with van der Waals surface area (Å²) in [4.78, 5) is 24.0. The van der Waals surface area contributed by atoms with Crippen molar-refractivity contribution in [3.8, 4) is 0 Å². The molecule has 100 valence electrons. The second kappa shape index (κ2) is 5.31. The summed E-state index contributed by atoms with van der Waals surface area (Å²) in [6, 6.07) is 0.0520. The van der Waals surface area contributed by atoms with Crippen molar-refractivity contribution in [1.82, 2.24) is 15.0 Å². The van der Waals surface area contributed by atoms with E-state index in [1.165, 1.54) is 12.4 Å². The quantitative estimate of drug-likeness (QED) is 0.893. The normalized spacial score (nSPS) is 12.2. The highest BCUT2D eigenvalue weighted by molar-refractivity contribution is 7.11. The fraction of sp³-hybridized carbons (Fsp3) is 0.333. The molecule has 2 N–H and O–H groups in total. The number of aryl methyl sites for hydroxylation is 2. The van der Waals surface area contributed by atoms with Crippen LogP contribution >= 0.6 is 11.3 Å². The maximum absolute atomic E-state index is 10.7. The average molecular weight is 278 g/mol. The molecule has 2 heterocycles. The van der Waals surface area contributed by atoms with Gasteiger partial charge in [0.1, 0.15) is 5.82 Å². The summed E-state index contributed by atoms with van der Waals surface area (Å²) in [5.74, 6) is -0.538. The van der Waals surface area contributed by atoms with Crippen LogP contribution in [0.3, 0.4) is 0 Å². The minimum Gasteiger partial charge on any atom is -0.476 e. The number of aromatic nitrogens is 3. The van der Waals surface area contributed by atoms with Crippen molar-refractivity contribution < 1.29 is 9.90 Å². The van der Waals surface area contributed by atoms with Crippen molar-refractivity contribution in [2.75, 3.05) is 5.32 Å². The van der Waals surface area contributed by atoms with Crippen LogP contribution in [0.1, 0.15) is 39.0 Å². The average Bonchev–Trinajstić information content (AvgIpc) is 2.69. The SMILES string of the molecule is Cc1nc(C)c(C(C)Nc2cnc(C(=O)O)cn2)s1. The van der Waals surface area contributed by atoms with Crippen molar-refractivity contribution in [2.24, 2.45) is 0 Å². The van der Waals surface area contributed by atoms with Crippen LogP contribution in [0, 0.1) is 13.8 Å². The van der Waals surface area contributed by atoms with E-state index < -0.39 is 5.97 Å². The summed E-state index contributed by atoms with van der Waals surface area (Å²) in [6.45, 7) is 5.94. The highest BCUT2D eigenvalue weighted by Crippen LogP contribution is 2.26. The first-order chi connectivity index (χ1) is 8.97. The lowest BCUT2D eigenvalue weighted by molar-refractivity contribution is 0.0690. The molecule has 0 radical (unpaired) electrons. The molecule has 0 saturated carbocycles. The molecule has 0 aliphatic rings. The van der Waals surface area contributed by atoms with E-state index in [4.69, 9.17) is 5.11 Å². The van der Waals surface area contributed by atoms with Gasteiger partial charge < -0.3 is 10.4 Å². The Balaban J connectivity index is 2.12. The Bertz CT molecular complexity index is 594. The third-order valence-electron chi connectivity index (χ3n) is 2.57. The van der Waals surface area contributed by atoms with Gasteiger partial charge >= 0.3 is 5.97 Å². The Hall–Kier alpha value is -2.02. The summed E-state index contributed by atoms with van der Waals surface area (Å²) in [7, 11) is 0. The van der Waals surface area contributed by atoms with Crippen molar-refractivity contribution in [2.45, 2.75) is 26.8 Å². The first kappa shape index (κ1) is 13.4. The maximum atomic E-state index is 10.7. The molecular formula is C12H14N4O2S. The predicted molar refractivity (Wildman–Crippen MR) is 72.6 cm³/mol. The lowest BCUT2D eigenvalue weighted by atomic mass is 10.2. The molecule has 6 nitrogen and oxygen atoms in total. The van der Waals surface area contributed by atoms with Gasteiger partial charge in [0.05, 0.1) is 29.1 Å². The number of carbonyl (C=O) groups is 1. The van der Waals surface area contributed by atoms with Crippen LogP contribution in [0.15, 0.2) is 12.4 Å². The zero-order chi connectivity index (χ0) is 14.0. The van der Waals surface area contributed by atoms with Gasteiger partial charge in [0.2, 0.25) is 0 Å². The van der Waals surface area contributed by atoms with Crippen LogP contribution in [-0.4, -0.2) is 26.0 Å². The van der Waals surface area contributed by atoms with E-state index >= 15 is 0 Å². The van der Waals surface area contributed by atoms with Crippen LogP contribution in [0.25, 0.3) is 0 Å². The third-order valence-corrected chi connectivity index (χ3v) is 3.82. The predicted octanol–water partition coefficient (Wildman–Crippen LogP) is 2.42. The summed E-state index contributed by atoms with van der Waals surface area (Å²) in [5.41, 5.74) is 0.931. The molecule has 1 unspecified atom stereocenters. The Morgan fingerprint density at radius 3 is 2.58 bits per heavy atom. The molecule has 0 spiro atoms. The monoisotopic (exact) mass is 278 g/mol. The fourth-order valence-electron chi connectivity index (χ4n) is 1.75. The van der Waals surface area contributed by atoms with E-state index in [0.717, 1.165) is 15.6 Å². The molecule has 0 aliphatic carbocycles. The maximum Gasteiger partial charge on any atom is 0.356 e. The molecule has 0 saturated heterocycles. The summed E-state index contributed by atoms with van der Waals surface area (Å²) >= 11 is 1.63. The molecule has 2 aromatic rings. The summed E-state index contributed by atoms with van der Waals surface area (Å²) < 4.78 is 0. The zero-order valence-electron chi connectivity index (χ0n) is 10.8. The minimum absolute atomic E-state index is 0.0520. The Kier molecular flexibility index (Phi) is 3.75. The van der Waals surface area contributed by atoms with Crippen molar-refractivity contribution in [1.29, 1.82) is 0 Å². The highest BCUT2D eigenvalue weighted by atomic mass is 32.1. The lowest BCUT2D eigenvalue weighted by Gasteiger charge is -2.13. The van der Waals surface area contributed by atoms with Crippen LogP contribution in [-0.2, 0) is 0 Å². The number of anilines is 1. The van der Waals surface area contributed by atoms with Gasteiger partial charge in [0.15, 0.2) is 5.69 Å². The number of aromatic carboxylic acids is 1. The molecule has 0 bridgehead atoms. The molecule has 2 aromatic heterocycles.